The molecule has 1 aliphatic rings. The van der Waals surface area contributed by atoms with Gasteiger partial charge in [-0.3, -0.25) is 9.59 Å². The van der Waals surface area contributed by atoms with Gasteiger partial charge in [-0.25, -0.2) is 0 Å². The van der Waals surface area contributed by atoms with Gasteiger partial charge in [0, 0.05) is 13.0 Å². The Balaban J connectivity index is 2.17. The zero-order chi connectivity index (χ0) is 13.9. The number of aliphatic carboxylic acids is 1. The van der Waals surface area contributed by atoms with Crippen molar-refractivity contribution in [2.45, 2.75) is 18.4 Å². The molecule has 1 aromatic carbocycles. The van der Waals surface area contributed by atoms with Crippen LogP contribution in [0.15, 0.2) is 30.3 Å². The maximum absolute atomic E-state index is 11.6. The third kappa shape index (κ3) is 2.76. The Morgan fingerprint density at radius 3 is 2.68 bits per heavy atom. The van der Waals surface area contributed by atoms with Crippen LogP contribution in [-0.4, -0.2) is 36.2 Å². The first-order valence-corrected chi connectivity index (χ1v) is 6.17. The molecule has 5 nitrogen and oxygen atoms in total. The number of hydrogen-bond donors (Lipinski definition) is 2. The van der Waals surface area contributed by atoms with Crippen LogP contribution in [0.25, 0.3) is 0 Å². The fourth-order valence-electron chi connectivity index (χ4n) is 2.53. The van der Waals surface area contributed by atoms with E-state index in [2.05, 4.69) is 10.1 Å². The molecule has 2 atom stereocenters. The number of methoxy groups -OCH3 is 1. The first kappa shape index (κ1) is 13.5. The molecule has 19 heavy (non-hydrogen) atoms. The van der Waals surface area contributed by atoms with E-state index in [4.69, 9.17) is 0 Å². The quantitative estimate of drug-likeness (QED) is 0.787. The summed E-state index contributed by atoms with van der Waals surface area (Å²) >= 11 is 0. The van der Waals surface area contributed by atoms with E-state index in [-0.39, 0.29) is 12.4 Å². The summed E-state index contributed by atoms with van der Waals surface area (Å²) in [6, 6.07) is 9.40. The fourth-order valence-corrected chi connectivity index (χ4v) is 2.53. The smallest absolute Gasteiger partial charge is 0.324 e. The van der Waals surface area contributed by atoms with Crippen LogP contribution in [0.4, 0.5) is 0 Å². The minimum atomic E-state index is -1.08. The van der Waals surface area contributed by atoms with Gasteiger partial charge in [0.05, 0.1) is 13.0 Å². The maximum atomic E-state index is 11.6. The number of carbonyl (C=O) groups is 2. The second kappa shape index (κ2) is 5.40. The lowest BCUT2D eigenvalue weighted by Crippen LogP contribution is -2.49. The predicted octanol–water partition coefficient (Wildman–Crippen LogP) is 0.835. The van der Waals surface area contributed by atoms with Crippen LogP contribution in [0.1, 0.15) is 12.0 Å². The monoisotopic (exact) mass is 263 g/mol. The van der Waals surface area contributed by atoms with Crippen LogP contribution in [-0.2, 0) is 20.7 Å². The molecule has 2 N–H and O–H groups in total. The highest BCUT2D eigenvalue weighted by Gasteiger charge is 2.47. The minimum Gasteiger partial charge on any atom is -0.480 e. The highest BCUT2D eigenvalue weighted by molar-refractivity contribution is 5.82. The zero-order valence-electron chi connectivity index (χ0n) is 10.8. The van der Waals surface area contributed by atoms with E-state index < -0.39 is 17.4 Å². The fraction of sp³-hybridized carbons (Fsp3) is 0.429. The van der Waals surface area contributed by atoms with Crippen molar-refractivity contribution in [1.29, 1.82) is 0 Å². The molecule has 2 rings (SSSR count). The summed E-state index contributed by atoms with van der Waals surface area (Å²) in [6.45, 7) is 0.339. The van der Waals surface area contributed by atoms with Crippen molar-refractivity contribution in [2.24, 2.45) is 5.92 Å². The van der Waals surface area contributed by atoms with Crippen molar-refractivity contribution in [1.82, 2.24) is 5.32 Å². The maximum Gasteiger partial charge on any atom is 0.324 e. The summed E-state index contributed by atoms with van der Waals surface area (Å²) in [5, 5.41) is 12.5. The van der Waals surface area contributed by atoms with Gasteiger partial charge < -0.3 is 15.2 Å². The van der Waals surface area contributed by atoms with Crippen molar-refractivity contribution >= 4 is 11.9 Å². The van der Waals surface area contributed by atoms with Crippen LogP contribution in [0.3, 0.4) is 0 Å². The Kier molecular flexibility index (Phi) is 3.85. The van der Waals surface area contributed by atoms with Gasteiger partial charge in [0.1, 0.15) is 5.54 Å². The molecular weight excluding hydrogens is 246 g/mol. The SMILES string of the molecule is COC(=O)C1CNC(Cc2ccccc2)(C(=O)O)C1. The molecule has 1 aromatic rings. The van der Waals surface area contributed by atoms with Gasteiger partial charge in [-0.15, -0.1) is 0 Å². The average Bonchev–Trinajstić information content (AvgIpc) is 2.84. The topological polar surface area (TPSA) is 75.6 Å². The molecule has 1 heterocycles. The summed E-state index contributed by atoms with van der Waals surface area (Å²) in [6.07, 6.45) is 0.612. The van der Waals surface area contributed by atoms with Gasteiger partial charge in [-0.05, 0) is 12.0 Å². The molecule has 0 bridgehead atoms. The largest absolute Gasteiger partial charge is 0.480 e. The molecule has 1 fully saturated rings. The van der Waals surface area contributed by atoms with Gasteiger partial charge >= 0.3 is 11.9 Å². The Morgan fingerprint density at radius 2 is 2.11 bits per heavy atom. The van der Waals surface area contributed by atoms with Crippen LogP contribution < -0.4 is 5.32 Å². The van der Waals surface area contributed by atoms with Gasteiger partial charge in [0.2, 0.25) is 0 Å². The predicted molar refractivity (Wildman–Crippen MR) is 68.6 cm³/mol. The lowest BCUT2D eigenvalue weighted by Gasteiger charge is -2.24. The second-order valence-electron chi connectivity index (χ2n) is 4.85. The van der Waals surface area contributed by atoms with Crippen LogP contribution in [0, 0.1) is 5.92 Å². The number of rotatable bonds is 4. The van der Waals surface area contributed by atoms with E-state index >= 15 is 0 Å². The molecule has 0 radical (unpaired) electrons. The number of hydrogen-bond acceptors (Lipinski definition) is 4. The van der Waals surface area contributed by atoms with Crippen molar-refractivity contribution < 1.29 is 19.4 Å². The van der Waals surface area contributed by atoms with Crippen molar-refractivity contribution in [3.8, 4) is 0 Å². The third-order valence-electron chi connectivity index (χ3n) is 3.57. The molecule has 102 valence electrons. The third-order valence-corrected chi connectivity index (χ3v) is 3.57. The molecule has 2 unspecified atom stereocenters. The Labute approximate surface area is 111 Å². The van der Waals surface area contributed by atoms with Gasteiger partial charge in [-0.2, -0.15) is 0 Å². The highest BCUT2D eigenvalue weighted by atomic mass is 16.5. The molecule has 0 saturated carbocycles. The lowest BCUT2D eigenvalue weighted by atomic mass is 9.86. The van der Waals surface area contributed by atoms with Crippen LogP contribution in [0.2, 0.25) is 0 Å². The van der Waals surface area contributed by atoms with Gasteiger partial charge in [-0.1, -0.05) is 30.3 Å². The molecular formula is C14H17NO4. The Bertz CT molecular complexity index is 474. The number of benzene rings is 1. The van der Waals surface area contributed by atoms with E-state index in [1.807, 2.05) is 30.3 Å². The van der Waals surface area contributed by atoms with E-state index in [0.717, 1.165) is 5.56 Å². The van der Waals surface area contributed by atoms with Crippen LogP contribution >= 0.6 is 0 Å². The Hall–Kier alpha value is -1.88. The summed E-state index contributed by atoms with van der Waals surface area (Å²) < 4.78 is 4.69. The van der Waals surface area contributed by atoms with Crippen LogP contribution in [0.5, 0.6) is 0 Å². The zero-order valence-corrected chi connectivity index (χ0v) is 10.8. The normalized spacial score (nSPS) is 26.1. The molecule has 5 heteroatoms. The average molecular weight is 263 g/mol. The van der Waals surface area contributed by atoms with E-state index in [1.165, 1.54) is 7.11 Å². The van der Waals surface area contributed by atoms with Crippen molar-refractivity contribution in [3.63, 3.8) is 0 Å². The van der Waals surface area contributed by atoms with Crippen molar-refractivity contribution in [2.75, 3.05) is 13.7 Å². The minimum absolute atomic E-state index is 0.254. The number of carboxylic acids is 1. The number of ether oxygens (including phenoxy) is 1. The van der Waals surface area contributed by atoms with E-state index in [9.17, 15) is 14.7 Å². The summed E-state index contributed by atoms with van der Waals surface area (Å²) in [5.74, 6) is -1.68. The number of carboxylic acid groups (broad SMARTS) is 1. The van der Waals surface area contributed by atoms with Gasteiger partial charge in [0.15, 0.2) is 0 Å². The van der Waals surface area contributed by atoms with Crippen molar-refractivity contribution in [3.05, 3.63) is 35.9 Å². The van der Waals surface area contributed by atoms with Gasteiger partial charge in [0.25, 0.3) is 0 Å². The molecule has 0 spiro atoms. The number of esters is 1. The molecule has 1 aliphatic heterocycles. The molecule has 0 aliphatic carbocycles. The molecule has 1 saturated heterocycles. The summed E-state index contributed by atoms with van der Waals surface area (Å²) in [5.41, 5.74) is -0.150. The second-order valence-corrected chi connectivity index (χ2v) is 4.85. The lowest BCUT2D eigenvalue weighted by molar-refractivity contribution is -0.146. The summed E-state index contributed by atoms with van der Waals surface area (Å²) in [7, 11) is 1.32. The standard InChI is InChI=1S/C14H17NO4/c1-19-12(16)11-8-14(13(17)18,15-9-11)7-10-5-3-2-4-6-10/h2-6,11,15H,7-9H2,1H3,(H,17,18). The first-order valence-electron chi connectivity index (χ1n) is 6.17. The molecule has 0 amide bonds. The number of carbonyl (C=O) groups excluding carboxylic acids is 1. The van der Waals surface area contributed by atoms with E-state index in [0.29, 0.717) is 13.0 Å². The van der Waals surface area contributed by atoms with E-state index in [1.54, 1.807) is 0 Å². The molecule has 0 aromatic heterocycles. The Morgan fingerprint density at radius 1 is 1.42 bits per heavy atom. The number of nitrogens with one attached hydrogen (secondary N) is 1. The summed E-state index contributed by atoms with van der Waals surface area (Å²) in [4.78, 5) is 23.1. The first-order chi connectivity index (χ1) is 9.07. The highest BCUT2D eigenvalue weighted by Crippen LogP contribution is 2.29.